The number of hydrogen-bond acceptors (Lipinski definition) is 4. The number of hydrogen-bond donors (Lipinski definition) is 1. The lowest BCUT2D eigenvalue weighted by molar-refractivity contribution is -0.137. The molecule has 180 valence electrons. The molecule has 1 atom stereocenters. The number of benzene rings is 2. The van der Waals surface area contributed by atoms with Crippen LogP contribution >= 0.6 is 11.6 Å². The van der Waals surface area contributed by atoms with Crippen molar-refractivity contribution >= 4 is 23.2 Å². The Hall–Kier alpha value is -2.83. The van der Waals surface area contributed by atoms with Crippen LogP contribution < -0.4 is 4.90 Å². The van der Waals surface area contributed by atoms with Crippen LogP contribution in [0.4, 0.5) is 23.2 Å². The van der Waals surface area contributed by atoms with Crippen molar-refractivity contribution in [2.45, 2.75) is 19.0 Å². The van der Waals surface area contributed by atoms with Gasteiger partial charge in [0.25, 0.3) is 5.91 Å². The number of rotatable bonds is 3. The quantitative estimate of drug-likeness (QED) is 0.626. The number of piperidine rings is 1. The molecule has 1 N–H and O–H groups in total. The van der Waals surface area contributed by atoms with E-state index in [4.69, 9.17) is 16.9 Å². The van der Waals surface area contributed by atoms with Crippen molar-refractivity contribution in [3.05, 3.63) is 63.9 Å². The van der Waals surface area contributed by atoms with Crippen molar-refractivity contribution in [3.8, 4) is 6.07 Å². The van der Waals surface area contributed by atoms with Crippen LogP contribution in [0, 0.1) is 28.5 Å². The Balaban J connectivity index is 1.50. The summed E-state index contributed by atoms with van der Waals surface area (Å²) in [4.78, 5) is 16.5. The van der Waals surface area contributed by atoms with Crippen LogP contribution in [0.25, 0.3) is 0 Å². The third-order valence-electron chi connectivity index (χ3n) is 7.04. The van der Waals surface area contributed by atoms with E-state index in [1.165, 1.54) is 24.3 Å². The molecule has 2 aromatic carbocycles. The van der Waals surface area contributed by atoms with Gasteiger partial charge in [0.05, 0.1) is 22.2 Å². The first-order valence-electron chi connectivity index (χ1n) is 10.8. The summed E-state index contributed by atoms with van der Waals surface area (Å²) in [7, 11) is 0. The normalized spacial score (nSPS) is 20.0. The first-order valence-corrected chi connectivity index (χ1v) is 11.2. The van der Waals surface area contributed by atoms with E-state index in [1.807, 2.05) is 4.90 Å². The SMILES string of the molecule is N#Cc1ccc(N2CCC3(CC2)CN(C(=O)c2ccc(F)c(Cl)c2)CC3CO)cc1C(F)(F)F. The van der Waals surface area contributed by atoms with Gasteiger partial charge in [-0.25, -0.2) is 4.39 Å². The number of amides is 1. The molecule has 34 heavy (non-hydrogen) atoms. The van der Waals surface area contributed by atoms with Crippen LogP contribution in [0.15, 0.2) is 36.4 Å². The first kappa shape index (κ1) is 24.3. The number of aliphatic hydroxyl groups excluding tert-OH is 1. The summed E-state index contributed by atoms with van der Waals surface area (Å²) in [5.74, 6) is -1.10. The lowest BCUT2D eigenvalue weighted by atomic mass is 9.71. The summed E-state index contributed by atoms with van der Waals surface area (Å²) in [6.07, 6.45) is -3.48. The third-order valence-corrected chi connectivity index (χ3v) is 7.33. The lowest BCUT2D eigenvalue weighted by Gasteiger charge is -2.43. The highest BCUT2D eigenvalue weighted by Crippen LogP contribution is 2.46. The van der Waals surface area contributed by atoms with Crippen molar-refractivity contribution in [3.63, 3.8) is 0 Å². The first-order chi connectivity index (χ1) is 16.1. The second-order valence-electron chi connectivity index (χ2n) is 8.88. The highest BCUT2D eigenvalue weighted by atomic mass is 35.5. The third kappa shape index (κ3) is 4.44. The van der Waals surface area contributed by atoms with E-state index >= 15 is 0 Å². The van der Waals surface area contributed by atoms with Crippen molar-refractivity contribution in [1.29, 1.82) is 5.26 Å². The Morgan fingerprint density at radius 1 is 1.21 bits per heavy atom. The second kappa shape index (κ2) is 9.08. The molecule has 0 saturated carbocycles. The van der Waals surface area contributed by atoms with E-state index in [2.05, 4.69) is 0 Å². The van der Waals surface area contributed by atoms with Gasteiger partial charge in [-0.05, 0) is 54.7 Å². The molecule has 1 unspecified atom stereocenters. The van der Waals surface area contributed by atoms with Gasteiger partial charge >= 0.3 is 6.18 Å². The maximum Gasteiger partial charge on any atom is 0.417 e. The van der Waals surface area contributed by atoms with Gasteiger partial charge in [0.15, 0.2) is 0 Å². The molecule has 10 heteroatoms. The molecule has 2 saturated heterocycles. The number of carbonyl (C=O) groups excluding carboxylic acids is 1. The second-order valence-corrected chi connectivity index (χ2v) is 9.29. The van der Waals surface area contributed by atoms with E-state index in [0.29, 0.717) is 44.7 Å². The molecular weight excluding hydrogens is 474 g/mol. The maximum absolute atomic E-state index is 13.5. The number of halogens is 5. The Bertz CT molecular complexity index is 1140. The van der Waals surface area contributed by atoms with Crippen LogP contribution in [0.5, 0.6) is 0 Å². The molecule has 2 aliphatic rings. The molecule has 1 amide bonds. The minimum atomic E-state index is -4.63. The Kier molecular flexibility index (Phi) is 6.49. The van der Waals surface area contributed by atoms with Gasteiger partial charge in [0.2, 0.25) is 0 Å². The molecule has 1 spiro atoms. The molecule has 0 bridgehead atoms. The van der Waals surface area contributed by atoms with E-state index in [9.17, 15) is 27.5 Å². The average molecular weight is 496 g/mol. The Morgan fingerprint density at radius 3 is 2.50 bits per heavy atom. The summed E-state index contributed by atoms with van der Waals surface area (Å²) in [6, 6.07) is 9.07. The van der Waals surface area contributed by atoms with Crippen molar-refractivity contribution in [2.24, 2.45) is 11.3 Å². The van der Waals surface area contributed by atoms with Crippen molar-refractivity contribution in [2.75, 3.05) is 37.7 Å². The zero-order chi connectivity index (χ0) is 24.7. The van der Waals surface area contributed by atoms with Gasteiger partial charge in [-0.1, -0.05) is 11.6 Å². The predicted molar refractivity (Wildman–Crippen MR) is 118 cm³/mol. The number of likely N-dealkylation sites (tertiary alicyclic amines) is 1. The fourth-order valence-corrected chi connectivity index (χ4v) is 5.27. The van der Waals surface area contributed by atoms with E-state index in [0.717, 1.165) is 12.1 Å². The zero-order valence-corrected chi connectivity index (χ0v) is 18.8. The summed E-state index contributed by atoms with van der Waals surface area (Å²) in [5.41, 5.74) is -1.11. The molecule has 0 aromatic heterocycles. The van der Waals surface area contributed by atoms with Gasteiger partial charge in [0.1, 0.15) is 5.82 Å². The smallest absolute Gasteiger partial charge is 0.396 e. The summed E-state index contributed by atoms with van der Waals surface area (Å²) < 4.78 is 53.6. The predicted octanol–water partition coefficient (Wildman–Crippen LogP) is 4.72. The largest absolute Gasteiger partial charge is 0.417 e. The van der Waals surface area contributed by atoms with Crippen molar-refractivity contribution < 1.29 is 27.5 Å². The summed E-state index contributed by atoms with van der Waals surface area (Å²) in [6.45, 7) is 1.50. The number of aliphatic hydroxyl groups is 1. The molecule has 4 rings (SSSR count). The standard InChI is InChI=1S/C24H22ClF4N3O2/c25-20-9-15(2-4-21(20)26)22(34)32-12-17(13-33)23(14-32)5-7-31(8-6-23)18-3-1-16(11-30)19(10-18)24(27,28)29/h1-4,9-10,17,33H,5-8,12-14H2. The topological polar surface area (TPSA) is 67.6 Å². The van der Waals surface area contributed by atoms with E-state index in [-0.39, 0.29) is 34.4 Å². The molecule has 0 radical (unpaired) electrons. The zero-order valence-electron chi connectivity index (χ0n) is 18.1. The monoisotopic (exact) mass is 495 g/mol. The van der Waals surface area contributed by atoms with Crippen LogP contribution in [0.3, 0.4) is 0 Å². The van der Waals surface area contributed by atoms with Gasteiger partial charge in [-0.3, -0.25) is 4.79 Å². The van der Waals surface area contributed by atoms with Crippen LogP contribution in [-0.4, -0.2) is 48.7 Å². The highest BCUT2D eigenvalue weighted by Gasteiger charge is 2.49. The fraction of sp³-hybridized carbons (Fsp3) is 0.417. The van der Waals surface area contributed by atoms with Gasteiger partial charge in [0, 0.05) is 50.0 Å². The number of anilines is 1. The van der Waals surface area contributed by atoms with Gasteiger partial charge in [-0.2, -0.15) is 18.4 Å². The molecule has 0 aliphatic carbocycles. The molecule has 5 nitrogen and oxygen atoms in total. The summed E-state index contributed by atoms with van der Waals surface area (Å²) in [5, 5.41) is 18.9. The Morgan fingerprint density at radius 2 is 1.91 bits per heavy atom. The molecule has 2 fully saturated rings. The van der Waals surface area contributed by atoms with Crippen LogP contribution in [-0.2, 0) is 6.18 Å². The lowest BCUT2D eigenvalue weighted by Crippen LogP contribution is -2.45. The van der Waals surface area contributed by atoms with E-state index < -0.39 is 23.1 Å². The molecule has 2 aromatic rings. The molecule has 2 heterocycles. The minimum Gasteiger partial charge on any atom is -0.396 e. The van der Waals surface area contributed by atoms with Crippen LogP contribution in [0.1, 0.15) is 34.3 Å². The molecular formula is C24H22ClF4N3O2. The fourth-order valence-electron chi connectivity index (χ4n) is 5.09. The molecule has 2 aliphatic heterocycles. The number of alkyl halides is 3. The maximum atomic E-state index is 13.5. The Labute approximate surface area is 199 Å². The van der Waals surface area contributed by atoms with Crippen molar-refractivity contribution in [1.82, 2.24) is 4.90 Å². The van der Waals surface area contributed by atoms with Gasteiger partial charge < -0.3 is 14.9 Å². The number of carbonyl (C=O) groups is 1. The number of nitrogens with zero attached hydrogens (tertiary/aromatic N) is 3. The average Bonchev–Trinajstić information content (AvgIpc) is 3.17. The highest BCUT2D eigenvalue weighted by molar-refractivity contribution is 6.31. The van der Waals surface area contributed by atoms with E-state index in [1.54, 1.807) is 11.0 Å². The minimum absolute atomic E-state index is 0.122. The number of nitriles is 1. The van der Waals surface area contributed by atoms with Gasteiger partial charge in [-0.15, -0.1) is 0 Å². The summed E-state index contributed by atoms with van der Waals surface area (Å²) >= 11 is 5.82. The van der Waals surface area contributed by atoms with Crippen LogP contribution in [0.2, 0.25) is 5.02 Å².